The summed E-state index contributed by atoms with van der Waals surface area (Å²) >= 11 is 0. The lowest BCUT2D eigenvalue weighted by atomic mass is 10.3. The van der Waals surface area contributed by atoms with Crippen LogP contribution in [0.1, 0.15) is 17.4 Å². The molecule has 8 heteroatoms. The van der Waals surface area contributed by atoms with Crippen molar-refractivity contribution in [1.82, 2.24) is 15.5 Å². The number of nitrogens with zero attached hydrogens (tertiary/aromatic N) is 2. The van der Waals surface area contributed by atoms with Crippen molar-refractivity contribution >= 4 is 11.7 Å². The van der Waals surface area contributed by atoms with Crippen molar-refractivity contribution in [3.05, 3.63) is 28.2 Å². The van der Waals surface area contributed by atoms with Gasteiger partial charge in [-0.3, -0.25) is 9.59 Å². The van der Waals surface area contributed by atoms with Crippen molar-refractivity contribution < 1.29 is 10.0 Å². The Morgan fingerprint density at radius 3 is 2.88 bits per heavy atom. The maximum Gasteiger partial charge on any atom is 0.272 e. The zero-order chi connectivity index (χ0) is 12.1. The van der Waals surface area contributed by atoms with Crippen LogP contribution in [-0.4, -0.2) is 33.2 Å². The summed E-state index contributed by atoms with van der Waals surface area (Å²) in [5.41, 5.74) is 4.91. The minimum Gasteiger partial charge on any atom is -0.409 e. The van der Waals surface area contributed by atoms with E-state index in [1.165, 1.54) is 12.1 Å². The number of aromatic nitrogens is 2. The third-order valence-electron chi connectivity index (χ3n) is 1.82. The summed E-state index contributed by atoms with van der Waals surface area (Å²) in [7, 11) is 0. The molecule has 0 spiro atoms. The molecule has 1 aromatic heterocycles. The molecule has 0 aliphatic carbocycles. The fourth-order valence-electron chi connectivity index (χ4n) is 0.902. The van der Waals surface area contributed by atoms with Gasteiger partial charge in [-0.2, -0.15) is 5.10 Å². The SMILES string of the molecule is CC(NC(=O)c1ccc(=O)[nH]n1)/C(N)=N/O. The number of amides is 1. The topological polar surface area (TPSA) is 133 Å². The van der Waals surface area contributed by atoms with Crippen LogP contribution in [0.15, 0.2) is 22.1 Å². The van der Waals surface area contributed by atoms with Crippen molar-refractivity contribution in [2.75, 3.05) is 0 Å². The monoisotopic (exact) mass is 225 g/mol. The minimum atomic E-state index is -0.633. The molecular formula is C8H11N5O3. The van der Waals surface area contributed by atoms with E-state index in [9.17, 15) is 9.59 Å². The average molecular weight is 225 g/mol. The first-order valence-electron chi connectivity index (χ1n) is 4.38. The molecule has 16 heavy (non-hydrogen) atoms. The van der Waals surface area contributed by atoms with Crippen molar-refractivity contribution in [3.63, 3.8) is 0 Å². The Morgan fingerprint density at radius 1 is 1.69 bits per heavy atom. The number of nitrogens with one attached hydrogen (secondary N) is 2. The standard InChI is InChI=1S/C8H11N5O3/c1-4(7(9)13-16)10-8(15)5-2-3-6(14)12-11-5/h2-4,16H,1H3,(H2,9,13)(H,10,15)(H,12,14). The molecule has 0 aliphatic rings. The van der Waals surface area contributed by atoms with Gasteiger partial charge in [0.2, 0.25) is 0 Å². The summed E-state index contributed by atoms with van der Waals surface area (Å²) in [6, 6.07) is 1.81. The van der Waals surface area contributed by atoms with E-state index in [4.69, 9.17) is 10.9 Å². The van der Waals surface area contributed by atoms with Gasteiger partial charge in [-0.1, -0.05) is 5.16 Å². The average Bonchev–Trinajstić information content (AvgIpc) is 2.28. The highest BCUT2D eigenvalue weighted by Crippen LogP contribution is 1.91. The molecular weight excluding hydrogens is 214 g/mol. The predicted octanol–water partition coefficient (Wildman–Crippen LogP) is -1.37. The number of hydrogen-bond donors (Lipinski definition) is 4. The fourth-order valence-corrected chi connectivity index (χ4v) is 0.902. The van der Waals surface area contributed by atoms with Crippen molar-refractivity contribution in [1.29, 1.82) is 0 Å². The van der Waals surface area contributed by atoms with Crippen LogP contribution in [0.5, 0.6) is 0 Å². The summed E-state index contributed by atoms with van der Waals surface area (Å²) < 4.78 is 0. The maximum atomic E-state index is 11.5. The van der Waals surface area contributed by atoms with Gasteiger partial charge in [-0.15, -0.1) is 0 Å². The third kappa shape index (κ3) is 2.80. The molecule has 86 valence electrons. The lowest BCUT2D eigenvalue weighted by molar-refractivity contribution is 0.0942. The van der Waals surface area contributed by atoms with Gasteiger partial charge in [0.05, 0.1) is 6.04 Å². The van der Waals surface area contributed by atoms with E-state index in [1.807, 2.05) is 0 Å². The molecule has 0 fully saturated rings. The van der Waals surface area contributed by atoms with Crippen LogP contribution in [0.2, 0.25) is 0 Å². The molecule has 0 aromatic carbocycles. The molecule has 0 bridgehead atoms. The highest BCUT2D eigenvalue weighted by atomic mass is 16.4. The number of carbonyl (C=O) groups is 1. The molecule has 0 saturated heterocycles. The summed E-state index contributed by atoms with van der Waals surface area (Å²) in [4.78, 5) is 22.2. The van der Waals surface area contributed by atoms with E-state index in [-0.39, 0.29) is 11.5 Å². The van der Waals surface area contributed by atoms with Gasteiger partial charge >= 0.3 is 0 Å². The lowest BCUT2D eigenvalue weighted by Gasteiger charge is -2.10. The third-order valence-corrected chi connectivity index (χ3v) is 1.82. The number of hydrogen-bond acceptors (Lipinski definition) is 5. The van der Waals surface area contributed by atoms with Crippen LogP contribution in [0.4, 0.5) is 0 Å². The van der Waals surface area contributed by atoms with E-state index in [0.717, 1.165) is 0 Å². The predicted molar refractivity (Wildman–Crippen MR) is 55.2 cm³/mol. The Labute approximate surface area is 90.2 Å². The van der Waals surface area contributed by atoms with Crippen LogP contribution in [0.3, 0.4) is 0 Å². The Bertz CT molecular complexity index is 446. The molecule has 1 heterocycles. The smallest absolute Gasteiger partial charge is 0.272 e. The molecule has 5 N–H and O–H groups in total. The Hall–Kier alpha value is -2.38. The molecule has 1 unspecified atom stereocenters. The number of aromatic amines is 1. The maximum absolute atomic E-state index is 11.5. The zero-order valence-corrected chi connectivity index (χ0v) is 8.47. The van der Waals surface area contributed by atoms with Crippen LogP contribution in [0, 0.1) is 0 Å². The fraction of sp³-hybridized carbons (Fsp3) is 0.250. The highest BCUT2D eigenvalue weighted by Gasteiger charge is 2.13. The first kappa shape index (κ1) is 11.7. The second kappa shape index (κ2) is 4.91. The number of nitrogens with two attached hydrogens (primary N) is 1. The number of amidine groups is 1. The van der Waals surface area contributed by atoms with Gasteiger partial charge in [0.15, 0.2) is 5.84 Å². The van der Waals surface area contributed by atoms with Crippen LogP contribution in [-0.2, 0) is 0 Å². The normalized spacial score (nSPS) is 13.2. The number of H-pyrrole nitrogens is 1. The minimum absolute atomic E-state index is 0.0391. The van der Waals surface area contributed by atoms with Crippen LogP contribution < -0.4 is 16.6 Å². The first-order chi connectivity index (χ1) is 7.54. The molecule has 1 rings (SSSR count). The van der Waals surface area contributed by atoms with Crippen molar-refractivity contribution in [3.8, 4) is 0 Å². The first-order valence-corrected chi connectivity index (χ1v) is 4.38. The highest BCUT2D eigenvalue weighted by molar-refractivity contribution is 5.96. The number of oxime groups is 1. The van der Waals surface area contributed by atoms with Crippen molar-refractivity contribution in [2.45, 2.75) is 13.0 Å². The van der Waals surface area contributed by atoms with Gasteiger partial charge in [0.1, 0.15) is 5.69 Å². The van der Waals surface area contributed by atoms with Gasteiger partial charge in [-0.25, -0.2) is 5.10 Å². The van der Waals surface area contributed by atoms with Gasteiger partial charge in [0, 0.05) is 6.07 Å². The molecule has 0 radical (unpaired) electrons. The van der Waals surface area contributed by atoms with E-state index in [0.29, 0.717) is 0 Å². The number of rotatable bonds is 3. The second-order valence-corrected chi connectivity index (χ2v) is 3.03. The van der Waals surface area contributed by atoms with E-state index >= 15 is 0 Å². The summed E-state index contributed by atoms with van der Waals surface area (Å²) in [6.45, 7) is 1.54. The second-order valence-electron chi connectivity index (χ2n) is 3.03. The van der Waals surface area contributed by atoms with Crippen LogP contribution >= 0.6 is 0 Å². The molecule has 8 nitrogen and oxygen atoms in total. The summed E-state index contributed by atoms with van der Waals surface area (Å²) in [5.74, 6) is -0.659. The van der Waals surface area contributed by atoms with Gasteiger partial charge in [0.25, 0.3) is 11.5 Å². The largest absolute Gasteiger partial charge is 0.409 e. The van der Waals surface area contributed by atoms with E-state index < -0.39 is 17.5 Å². The Balaban J connectivity index is 2.73. The number of carbonyl (C=O) groups excluding carboxylic acids is 1. The Morgan fingerprint density at radius 2 is 2.38 bits per heavy atom. The molecule has 0 saturated carbocycles. The molecule has 1 amide bonds. The van der Waals surface area contributed by atoms with Crippen molar-refractivity contribution in [2.24, 2.45) is 10.9 Å². The van der Waals surface area contributed by atoms with E-state index in [2.05, 4.69) is 20.7 Å². The van der Waals surface area contributed by atoms with Gasteiger partial charge < -0.3 is 16.3 Å². The zero-order valence-electron chi connectivity index (χ0n) is 8.47. The summed E-state index contributed by atoms with van der Waals surface area (Å²) in [6.07, 6.45) is 0. The summed E-state index contributed by atoms with van der Waals surface area (Å²) in [5, 5.41) is 19.2. The quantitative estimate of drug-likeness (QED) is 0.218. The van der Waals surface area contributed by atoms with Crippen LogP contribution in [0.25, 0.3) is 0 Å². The molecule has 0 aliphatic heterocycles. The van der Waals surface area contributed by atoms with Gasteiger partial charge in [-0.05, 0) is 13.0 Å². The van der Waals surface area contributed by atoms with E-state index in [1.54, 1.807) is 6.92 Å². The Kier molecular flexibility index (Phi) is 3.59. The molecule has 1 atom stereocenters. The lowest BCUT2D eigenvalue weighted by Crippen LogP contribution is -2.42. The molecule has 1 aromatic rings.